The average molecular weight is 584 g/mol. The summed E-state index contributed by atoms with van der Waals surface area (Å²) in [6.45, 7) is 0. The number of aromatic nitrogens is 2. The first kappa shape index (κ1) is 27.2. The fraction of sp³-hybridized carbons (Fsp3) is 0.345. The maximum Gasteiger partial charge on any atom is 0.252 e. The number of nitrogens with zero attached hydrogens (tertiary/aromatic N) is 4. The SMILES string of the molecule is O=C1CC[C@@H](C(=O)N(c2cncc(F)c2)[C@@]2(C(=O)NC3CC(F)(F)C3)CCc3ccccc32)N1c1cc(Cl)ccn1. The molecular weight excluding hydrogens is 559 g/mol. The second-order valence-electron chi connectivity index (χ2n) is 10.6. The molecule has 12 heteroatoms. The molecular formula is C29H25ClF3N5O3. The zero-order valence-corrected chi connectivity index (χ0v) is 22.5. The minimum atomic E-state index is -2.88. The molecule has 1 aliphatic heterocycles. The molecule has 0 radical (unpaired) electrons. The van der Waals surface area contributed by atoms with Crippen LogP contribution in [0.1, 0.15) is 43.2 Å². The van der Waals surface area contributed by atoms with Gasteiger partial charge in [-0.2, -0.15) is 0 Å². The zero-order valence-electron chi connectivity index (χ0n) is 21.7. The van der Waals surface area contributed by atoms with Crippen molar-refractivity contribution in [3.05, 3.63) is 83.0 Å². The molecule has 1 saturated heterocycles. The number of pyridine rings is 2. The molecule has 2 atom stereocenters. The lowest BCUT2D eigenvalue weighted by Crippen LogP contribution is -2.64. The standard InChI is InChI=1S/C29H25ClF3N5O3/c30-18-8-10-35-24(11-18)37-23(5-6-25(37)39)26(40)38(21-12-19(31)15-34-16-21)29(9-7-17-3-1-2-4-22(17)29)27(41)36-20-13-28(32,33)14-20/h1-4,8,10-12,15-16,20,23H,5-7,9,13-14H2,(H,36,41)/t23-,29-/m0/s1. The van der Waals surface area contributed by atoms with Gasteiger partial charge in [-0.25, -0.2) is 18.2 Å². The molecule has 0 unspecified atom stereocenters. The Balaban J connectivity index is 1.49. The number of anilines is 2. The van der Waals surface area contributed by atoms with Crippen LogP contribution in [0.5, 0.6) is 0 Å². The van der Waals surface area contributed by atoms with Crippen molar-refractivity contribution in [2.45, 2.75) is 62.1 Å². The van der Waals surface area contributed by atoms with Gasteiger partial charge in [0.25, 0.3) is 17.7 Å². The zero-order chi connectivity index (χ0) is 28.9. The second-order valence-corrected chi connectivity index (χ2v) is 11.1. The normalized spacial score (nSPS) is 23.2. The largest absolute Gasteiger partial charge is 0.351 e. The van der Waals surface area contributed by atoms with E-state index in [4.69, 9.17) is 11.6 Å². The second kappa shape index (κ2) is 10.1. The number of carbonyl (C=O) groups excluding carboxylic acids is 3. The Morgan fingerprint density at radius 3 is 2.61 bits per heavy atom. The van der Waals surface area contributed by atoms with Crippen LogP contribution in [0.2, 0.25) is 5.02 Å². The molecule has 1 aromatic carbocycles. The number of hydrogen-bond donors (Lipinski definition) is 1. The third kappa shape index (κ3) is 4.71. The Morgan fingerprint density at radius 1 is 1.10 bits per heavy atom. The molecule has 212 valence electrons. The molecule has 3 amide bonds. The third-order valence-corrected chi connectivity index (χ3v) is 8.26. The first-order valence-corrected chi connectivity index (χ1v) is 13.6. The number of alkyl halides is 2. The van der Waals surface area contributed by atoms with Gasteiger partial charge in [-0.3, -0.25) is 29.2 Å². The van der Waals surface area contributed by atoms with Gasteiger partial charge < -0.3 is 5.32 Å². The summed E-state index contributed by atoms with van der Waals surface area (Å²) in [5, 5.41) is 3.04. The summed E-state index contributed by atoms with van der Waals surface area (Å²) in [6.07, 6.45) is 3.28. The van der Waals surface area contributed by atoms with Crippen LogP contribution in [-0.2, 0) is 26.3 Å². The molecule has 0 bridgehead atoms. The maximum absolute atomic E-state index is 14.7. The summed E-state index contributed by atoms with van der Waals surface area (Å²) in [5.41, 5.74) is -0.427. The highest BCUT2D eigenvalue weighted by Gasteiger charge is 2.57. The van der Waals surface area contributed by atoms with Gasteiger partial charge in [0.05, 0.1) is 18.1 Å². The number of amides is 3. The molecule has 2 fully saturated rings. The van der Waals surface area contributed by atoms with Crippen LogP contribution in [-0.4, -0.2) is 45.7 Å². The average Bonchev–Trinajstić information content (AvgIpc) is 3.49. The lowest BCUT2D eigenvalue weighted by Gasteiger charge is -2.44. The van der Waals surface area contributed by atoms with E-state index in [0.717, 1.165) is 17.8 Å². The fourth-order valence-electron chi connectivity index (χ4n) is 6.17. The molecule has 1 saturated carbocycles. The molecule has 41 heavy (non-hydrogen) atoms. The van der Waals surface area contributed by atoms with Crippen molar-refractivity contribution in [2.75, 3.05) is 9.80 Å². The van der Waals surface area contributed by atoms with Crippen molar-refractivity contribution in [3.8, 4) is 0 Å². The van der Waals surface area contributed by atoms with Gasteiger partial charge in [0.1, 0.15) is 17.7 Å². The van der Waals surface area contributed by atoms with Gasteiger partial charge in [0.2, 0.25) is 5.91 Å². The molecule has 8 nitrogen and oxygen atoms in total. The van der Waals surface area contributed by atoms with E-state index in [0.29, 0.717) is 17.0 Å². The summed E-state index contributed by atoms with van der Waals surface area (Å²) in [4.78, 5) is 52.6. The van der Waals surface area contributed by atoms with E-state index in [9.17, 15) is 27.6 Å². The highest BCUT2D eigenvalue weighted by Crippen LogP contribution is 2.47. The van der Waals surface area contributed by atoms with Crippen LogP contribution < -0.4 is 15.1 Å². The van der Waals surface area contributed by atoms with Crippen molar-refractivity contribution in [1.29, 1.82) is 0 Å². The molecule has 3 heterocycles. The Morgan fingerprint density at radius 2 is 1.88 bits per heavy atom. The number of fused-ring (bicyclic) bond motifs is 1. The summed E-state index contributed by atoms with van der Waals surface area (Å²) >= 11 is 6.16. The van der Waals surface area contributed by atoms with Gasteiger partial charge in [-0.15, -0.1) is 0 Å². The van der Waals surface area contributed by atoms with E-state index in [1.807, 2.05) is 6.07 Å². The summed E-state index contributed by atoms with van der Waals surface area (Å²) in [5.74, 6) is -5.13. The van der Waals surface area contributed by atoms with Gasteiger partial charge in [0.15, 0.2) is 5.54 Å². The molecule has 6 rings (SSSR count). The summed E-state index contributed by atoms with van der Waals surface area (Å²) < 4.78 is 42.0. The quantitative estimate of drug-likeness (QED) is 0.459. The van der Waals surface area contributed by atoms with E-state index in [1.54, 1.807) is 18.2 Å². The Hall–Kier alpha value is -3.99. The highest BCUT2D eigenvalue weighted by molar-refractivity contribution is 6.30. The Labute approximate surface area is 238 Å². The van der Waals surface area contributed by atoms with Gasteiger partial charge in [0, 0.05) is 42.6 Å². The number of aryl methyl sites for hydroxylation is 1. The number of halogens is 4. The Bertz CT molecular complexity index is 1550. The minimum absolute atomic E-state index is 0.000792. The number of nitrogens with one attached hydrogen (secondary N) is 1. The summed E-state index contributed by atoms with van der Waals surface area (Å²) in [6, 6.07) is 9.27. The monoisotopic (exact) mass is 583 g/mol. The van der Waals surface area contributed by atoms with Crippen molar-refractivity contribution >= 4 is 40.8 Å². The van der Waals surface area contributed by atoms with Crippen molar-refractivity contribution < 1.29 is 27.6 Å². The number of carbonyl (C=O) groups is 3. The first-order chi connectivity index (χ1) is 19.6. The van der Waals surface area contributed by atoms with Crippen LogP contribution in [0.25, 0.3) is 0 Å². The van der Waals surface area contributed by atoms with Gasteiger partial charge >= 0.3 is 0 Å². The predicted molar refractivity (Wildman–Crippen MR) is 144 cm³/mol. The van der Waals surface area contributed by atoms with E-state index < -0.39 is 54.0 Å². The minimum Gasteiger partial charge on any atom is -0.351 e. The number of benzene rings is 1. The molecule has 2 aromatic heterocycles. The van der Waals surface area contributed by atoms with Crippen LogP contribution in [0.4, 0.5) is 24.7 Å². The smallest absolute Gasteiger partial charge is 0.252 e. The summed E-state index contributed by atoms with van der Waals surface area (Å²) in [7, 11) is 0. The van der Waals surface area contributed by atoms with E-state index in [2.05, 4.69) is 15.3 Å². The molecule has 3 aliphatic rings. The maximum atomic E-state index is 14.7. The van der Waals surface area contributed by atoms with Crippen molar-refractivity contribution in [3.63, 3.8) is 0 Å². The lowest BCUT2D eigenvalue weighted by molar-refractivity contribution is -0.137. The van der Waals surface area contributed by atoms with Crippen molar-refractivity contribution in [2.24, 2.45) is 0 Å². The number of hydrogen-bond acceptors (Lipinski definition) is 5. The predicted octanol–water partition coefficient (Wildman–Crippen LogP) is 4.55. The van der Waals surface area contributed by atoms with Crippen LogP contribution >= 0.6 is 11.6 Å². The first-order valence-electron chi connectivity index (χ1n) is 13.2. The van der Waals surface area contributed by atoms with E-state index >= 15 is 0 Å². The third-order valence-electron chi connectivity index (χ3n) is 8.02. The molecule has 0 spiro atoms. The van der Waals surface area contributed by atoms with E-state index in [1.165, 1.54) is 34.3 Å². The molecule has 2 aliphatic carbocycles. The van der Waals surface area contributed by atoms with Gasteiger partial charge in [-0.05, 0) is 42.5 Å². The number of rotatable bonds is 6. The molecule has 1 N–H and O–H groups in total. The van der Waals surface area contributed by atoms with Gasteiger partial charge in [-0.1, -0.05) is 35.9 Å². The van der Waals surface area contributed by atoms with E-state index in [-0.39, 0.29) is 36.7 Å². The van der Waals surface area contributed by atoms with Crippen molar-refractivity contribution in [1.82, 2.24) is 15.3 Å². The van der Waals surface area contributed by atoms with Crippen LogP contribution in [0, 0.1) is 5.82 Å². The highest BCUT2D eigenvalue weighted by atomic mass is 35.5. The Kier molecular flexibility index (Phi) is 6.72. The lowest BCUT2D eigenvalue weighted by atomic mass is 9.83. The fourth-order valence-corrected chi connectivity index (χ4v) is 6.32. The molecule has 3 aromatic rings. The topological polar surface area (TPSA) is 95.5 Å². The van der Waals surface area contributed by atoms with Crippen LogP contribution in [0.15, 0.2) is 61.1 Å². The van der Waals surface area contributed by atoms with Crippen LogP contribution in [0.3, 0.4) is 0 Å².